The molecule has 178 valence electrons. The average molecular weight is 467 g/mol. The van der Waals surface area contributed by atoms with Crippen molar-refractivity contribution in [2.24, 2.45) is 0 Å². The number of nitrogens with zero attached hydrogens (tertiary/aromatic N) is 4. The highest BCUT2D eigenvalue weighted by Gasteiger charge is 2.22. The third-order valence-corrected chi connectivity index (χ3v) is 6.50. The maximum atomic E-state index is 12.5. The molecule has 0 spiro atoms. The van der Waals surface area contributed by atoms with Gasteiger partial charge >= 0.3 is 0 Å². The molecule has 7 heteroatoms. The number of pyridine rings is 1. The Kier molecular flexibility index (Phi) is 6.86. The van der Waals surface area contributed by atoms with E-state index in [-0.39, 0.29) is 11.9 Å². The van der Waals surface area contributed by atoms with Crippen LogP contribution in [0.2, 0.25) is 0 Å². The molecular weight excluding hydrogens is 436 g/mol. The molecule has 2 aromatic carbocycles. The highest BCUT2D eigenvalue weighted by atomic mass is 16.1. The van der Waals surface area contributed by atoms with E-state index < -0.39 is 0 Å². The van der Waals surface area contributed by atoms with Crippen molar-refractivity contribution in [1.29, 1.82) is 0 Å². The van der Waals surface area contributed by atoms with Crippen LogP contribution in [-0.2, 0) is 0 Å². The molecule has 0 aliphatic carbocycles. The predicted octanol–water partition coefficient (Wildman–Crippen LogP) is 4.84. The second kappa shape index (κ2) is 10.5. The SMILES string of the molecule is CC(NC1CCN(c2cccc(NC(=O)c3cccnc3)c2)CC1)c1cnn(-c2ccccc2)c1. The summed E-state index contributed by atoms with van der Waals surface area (Å²) in [5.41, 5.74) is 4.73. The van der Waals surface area contributed by atoms with E-state index >= 15 is 0 Å². The van der Waals surface area contributed by atoms with E-state index in [1.54, 1.807) is 24.5 Å². The topological polar surface area (TPSA) is 75.1 Å². The molecule has 3 heterocycles. The van der Waals surface area contributed by atoms with Gasteiger partial charge in [0.15, 0.2) is 0 Å². The van der Waals surface area contributed by atoms with Gasteiger partial charge in [-0.3, -0.25) is 9.78 Å². The van der Waals surface area contributed by atoms with Crippen LogP contribution in [0.15, 0.2) is 91.5 Å². The maximum Gasteiger partial charge on any atom is 0.257 e. The third kappa shape index (κ3) is 5.58. The first-order chi connectivity index (χ1) is 17.2. The number of benzene rings is 2. The average Bonchev–Trinajstić information content (AvgIpc) is 3.41. The molecule has 0 saturated carbocycles. The van der Waals surface area contributed by atoms with Crippen LogP contribution in [-0.4, -0.2) is 39.8 Å². The zero-order chi connectivity index (χ0) is 24.0. The Morgan fingerprint density at radius 3 is 2.54 bits per heavy atom. The van der Waals surface area contributed by atoms with Crippen molar-refractivity contribution >= 4 is 17.3 Å². The Morgan fingerprint density at radius 1 is 0.971 bits per heavy atom. The van der Waals surface area contributed by atoms with Crippen LogP contribution in [0.5, 0.6) is 0 Å². The van der Waals surface area contributed by atoms with E-state index in [9.17, 15) is 4.79 Å². The fourth-order valence-electron chi connectivity index (χ4n) is 4.52. The van der Waals surface area contributed by atoms with Crippen molar-refractivity contribution in [2.45, 2.75) is 31.8 Å². The van der Waals surface area contributed by atoms with Gasteiger partial charge in [0, 0.05) is 60.7 Å². The minimum Gasteiger partial charge on any atom is -0.371 e. The van der Waals surface area contributed by atoms with Crippen LogP contribution in [0.4, 0.5) is 11.4 Å². The Balaban J connectivity index is 1.15. The quantitative estimate of drug-likeness (QED) is 0.408. The van der Waals surface area contributed by atoms with Gasteiger partial charge in [0.25, 0.3) is 5.91 Å². The number of rotatable bonds is 7. The third-order valence-electron chi connectivity index (χ3n) is 6.50. The molecule has 1 unspecified atom stereocenters. The second-order valence-corrected chi connectivity index (χ2v) is 8.95. The summed E-state index contributed by atoms with van der Waals surface area (Å²) in [5, 5.41) is 11.3. The van der Waals surface area contributed by atoms with Gasteiger partial charge in [0.05, 0.1) is 17.4 Å². The summed E-state index contributed by atoms with van der Waals surface area (Å²) in [5.74, 6) is -0.150. The summed E-state index contributed by atoms with van der Waals surface area (Å²) < 4.78 is 1.93. The molecule has 2 N–H and O–H groups in total. The fraction of sp³-hybridized carbons (Fsp3) is 0.250. The van der Waals surface area contributed by atoms with Crippen LogP contribution in [0.25, 0.3) is 5.69 Å². The number of para-hydroxylation sites is 1. The van der Waals surface area contributed by atoms with Gasteiger partial charge in [0.2, 0.25) is 0 Å². The van der Waals surface area contributed by atoms with E-state index in [1.807, 2.05) is 47.3 Å². The molecule has 1 aliphatic rings. The monoisotopic (exact) mass is 466 g/mol. The maximum absolute atomic E-state index is 12.5. The fourth-order valence-corrected chi connectivity index (χ4v) is 4.52. The lowest BCUT2D eigenvalue weighted by Gasteiger charge is -2.35. The highest BCUT2D eigenvalue weighted by molar-refractivity contribution is 6.04. The zero-order valence-corrected chi connectivity index (χ0v) is 19.8. The number of piperidine rings is 1. The van der Waals surface area contributed by atoms with Crippen LogP contribution in [0.3, 0.4) is 0 Å². The van der Waals surface area contributed by atoms with Crippen LogP contribution >= 0.6 is 0 Å². The molecule has 1 atom stereocenters. The van der Waals surface area contributed by atoms with Gasteiger partial charge in [0.1, 0.15) is 0 Å². The molecule has 2 aromatic heterocycles. The van der Waals surface area contributed by atoms with Crippen molar-refractivity contribution in [3.63, 3.8) is 0 Å². The van der Waals surface area contributed by atoms with Crippen molar-refractivity contribution in [3.8, 4) is 5.69 Å². The van der Waals surface area contributed by atoms with Gasteiger partial charge in [-0.05, 0) is 62.2 Å². The minimum atomic E-state index is -0.150. The Bertz CT molecular complexity index is 1250. The van der Waals surface area contributed by atoms with Crippen LogP contribution < -0.4 is 15.5 Å². The summed E-state index contributed by atoms with van der Waals surface area (Å²) in [4.78, 5) is 18.9. The predicted molar refractivity (Wildman–Crippen MR) is 139 cm³/mol. The molecule has 1 fully saturated rings. The summed E-state index contributed by atoms with van der Waals surface area (Å²) >= 11 is 0. The van der Waals surface area contributed by atoms with Crippen molar-refractivity contribution in [3.05, 3.63) is 103 Å². The summed E-state index contributed by atoms with van der Waals surface area (Å²) in [6.07, 6.45) is 9.41. The molecule has 1 amide bonds. The summed E-state index contributed by atoms with van der Waals surface area (Å²) in [6, 6.07) is 22.5. The number of nitrogens with one attached hydrogen (secondary N) is 2. The summed E-state index contributed by atoms with van der Waals surface area (Å²) in [6.45, 7) is 4.13. The molecule has 0 bridgehead atoms. The number of aromatic nitrogens is 3. The molecule has 1 saturated heterocycles. The van der Waals surface area contributed by atoms with Gasteiger partial charge in [-0.15, -0.1) is 0 Å². The van der Waals surface area contributed by atoms with E-state index in [0.717, 1.165) is 43.0 Å². The lowest BCUT2D eigenvalue weighted by atomic mass is 10.0. The minimum absolute atomic E-state index is 0.150. The van der Waals surface area contributed by atoms with Gasteiger partial charge in [-0.1, -0.05) is 24.3 Å². The van der Waals surface area contributed by atoms with Gasteiger partial charge in [-0.2, -0.15) is 5.10 Å². The van der Waals surface area contributed by atoms with Crippen molar-refractivity contribution in [1.82, 2.24) is 20.1 Å². The molecule has 1 aliphatic heterocycles. The van der Waals surface area contributed by atoms with E-state index in [1.165, 1.54) is 5.56 Å². The number of amides is 1. The molecule has 7 nitrogen and oxygen atoms in total. The second-order valence-electron chi connectivity index (χ2n) is 8.95. The summed E-state index contributed by atoms with van der Waals surface area (Å²) in [7, 11) is 0. The molecule has 35 heavy (non-hydrogen) atoms. The Labute approximate surface area is 205 Å². The first kappa shape index (κ1) is 22.8. The van der Waals surface area contributed by atoms with E-state index in [4.69, 9.17) is 0 Å². The van der Waals surface area contributed by atoms with E-state index in [0.29, 0.717) is 11.6 Å². The zero-order valence-electron chi connectivity index (χ0n) is 19.8. The number of anilines is 2. The molecular formula is C28H30N6O. The Hall–Kier alpha value is -3.97. The lowest BCUT2D eigenvalue weighted by Crippen LogP contribution is -2.43. The first-order valence-corrected chi connectivity index (χ1v) is 12.1. The van der Waals surface area contributed by atoms with Crippen molar-refractivity contribution < 1.29 is 4.79 Å². The van der Waals surface area contributed by atoms with Crippen molar-refractivity contribution in [2.75, 3.05) is 23.3 Å². The van der Waals surface area contributed by atoms with Gasteiger partial charge < -0.3 is 15.5 Å². The Morgan fingerprint density at radius 2 is 1.77 bits per heavy atom. The largest absolute Gasteiger partial charge is 0.371 e. The smallest absolute Gasteiger partial charge is 0.257 e. The van der Waals surface area contributed by atoms with Crippen LogP contribution in [0.1, 0.15) is 41.7 Å². The normalized spacial score (nSPS) is 15.1. The van der Waals surface area contributed by atoms with Gasteiger partial charge in [-0.25, -0.2) is 4.68 Å². The molecule has 0 radical (unpaired) electrons. The lowest BCUT2D eigenvalue weighted by molar-refractivity contribution is 0.102. The van der Waals surface area contributed by atoms with Crippen LogP contribution in [0, 0.1) is 0 Å². The number of hydrogen-bond donors (Lipinski definition) is 2. The first-order valence-electron chi connectivity index (χ1n) is 12.1. The van der Waals surface area contributed by atoms with E-state index in [2.05, 4.69) is 56.9 Å². The molecule has 5 rings (SSSR count). The molecule has 4 aromatic rings. The number of carbonyl (C=O) groups is 1. The highest BCUT2D eigenvalue weighted by Crippen LogP contribution is 2.25. The number of carbonyl (C=O) groups excluding carboxylic acids is 1. The standard InChI is InChI=1S/C28H30N6O/c1-21(23-19-30-34(20-23)26-9-3-2-4-10-26)31-24-12-15-33(16-13-24)27-11-5-8-25(17-27)32-28(35)22-7-6-14-29-18-22/h2-11,14,17-21,24,31H,12-13,15-16H2,1H3,(H,32,35). The number of hydrogen-bond acceptors (Lipinski definition) is 5.